The van der Waals surface area contributed by atoms with Crippen LogP contribution >= 0.6 is 0 Å². The van der Waals surface area contributed by atoms with E-state index in [1.54, 1.807) is 36.8 Å². The quantitative estimate of drug-likeness (QED) is 0.865. The topological polar surface area (TPSA) is 79.8 Å². The summed E-state index contributed by atoms with van der Waals surface area (Å²) in [7, 11) is 0. The van der Waals surface area contributed by atoms with Gasteiger partial charge in [-0.25, -0.2) is 9.97 Å². The number of nitrogens with zero attached hydrogens (tertiary/aromatic N) is 3. The maximum atomic E-state index is 11.9. The van der Waals surface area contributed by atoms with E-state index in [9.17, 15) is 4.79 Å². The number of pyridine rings is 1. The number of anilines is 2. The lowest BCUT2D eigenvalue weighted by atomic mass is 10.3. The molecule has 0 unspecified atom stereocenters. The monoisotopic (exact) mass is 255 g/mol. The zero-order valence-electron chi connectivity index (χ0n) is 10.2. The average Bonchev–Trinajstić information content (AvgIpc) is 3.24. The van der Waals surface area contributed by atoms with Crippen LogP contribution in [-0.2, 0) is 0 Å². The van der Waals surface area contributed by atoms with E-state index in [0.29, 0.717) is 23.4 Å². The van der Waals surface area contributed by atoms with E-state index in [1.165, 1.54) is 0 Å². The highest BCUT2D eigenvalue weighted by Crippen LogP contribution is 2.19. The number of carbonyl (C=O) groups is 1. The van der Waals surface area contributed by atoms with E-state index in [-0.39, 0.29) is 5.91 Å². The Balaban J connectivity index is 1.73. The predicted octanol–water partition coefficient (Wildman–Crippen LogP) is 1.51. The van der Waals surface area contributed by atoms with Gasteiger partial charge in [-0.1, -0.05) is 6.07 Å². The molecule has 2 heterocycles. The van der Waals surface area contributed by atoms with Crippen LogP contribution in [0.15, 0.2) is 36.8 Å². The Hall–Kier alpha value is -2.50. The Bertz CT molecular complexity index is 583. The van der Waals surface area contributed by atoms with Gasteiger partial charge in [0.1, 0.15) is 17.3 Å². The average molecular weight is 255 g/mol. The first-order chi connectivity index (χ1) is 9.31. The van der Waals surface area contributed by atoms with Gasteiger partial charge < -0.3 is 10.6 Å². The summed E-state index contributed by atoms with van der Waals surface area (Å²) in [5, 5.41) is 5.91. The van der Waals surface area contributed by atoms with Gasteiger partial charge in [0.2, 0.25) is 0 Å². The van der Waals surface area contributed by atoms with Crippen LogP contribution in [0.3, 0.4) is 0 Å². The van der Waals surface area contributed by atoms with Crippen molar-refractivity contribution in [3.05, 3.63) is 42.5 Å². The summed E-state index contributed by atoms with van der Waals surface area (Å²) in [6.45, 7) is 0. The molecule has 0 atom stereocenters. The smallest absolute Gasteiger partial charge is 0.270 e. The van der Waals surface area contributed by atoms with Crippen molar-refractivity contribution in [3.63, 3.8) is 0 Å². The third kappa shape index (κ3) is 3.04. The molecule has 1 aliphatic carbocycles. The summed E-state index contributed by atoms with van der Waals surface area (Å²) in [4.78, 5) is 24.2. The highest BCUT2D eigenvalue weighted by molar-refractivity contribution is 5.93. The summed E-state index contributed by atoms with van der Waals surface area (Å²) in [6.07, 6.45) is 6.90. The minimum Gasteiger partial charge on any atom is -0.348 e. The number of rotatable bonds is 4. The van der Waals surface area contributed by atoms with E-state index in [1.807, 2.05) is 0 Å². The highest BCUT2D eigenvalue weighted by Gasteiger charge is 2.24. The fourth-order valence-corrected chi connectivity index (χ4v) is 1.61. The van der Waals surface area contributed by atoms with Crippen molar-refractivity contribution in [1.29, 1.82) is 0 Å². The van der Waals surface area contributed by atoms with Crippen LogP contribution in [0.1, 0.15) is 23.3 Å². The number of hydrogen-bond donors (Lipinski definition) is 2. The Labute approximate surface area is 110 Å². The van der Waals surface area contributed by atoms with Gasteiger partial charge in [-0.15, -0.1) is 0 Å². The fraction of sp³-hybridized carbons (Fsp3) is 0.231. The molecule has 3 rings (SSSR count). The Morgan fingerprint density at radius 1 is 1.21 bits per heavy atom. The second kappa shape index (κ2) is 5.01. The highest BCUT2D eigenvalue weighted by atomic mass is 16.2. The normalized spacial score (nSPS) is 13.9. The lowest BCUT2D eigenvalue weighted by Gasteiger charge is -2.06. The van der Waals surface area contributed by atoms with Crippen molar-refractivity contribution in [2.45, 2.75) is 18.9 Å². The molecule has 2 aromatic heterocycles. The molecule has 0 aliphatic heterocycles. The van der Waals surface area contributed by atoms with Crippen molar-refractivity contribution in [3.8, 4) is 0 Å². The number of amides is 1. The second-order valence-corrected chi connectivity index (χ2v) is 4.37. The summed E-state index contributed by atoms with van der Waals surface area (Å²) >= 11 is 0. The first kappa shape index (κ1) is 11.6. The maximum Gasteiger partial charge on any atom is 0.270 e. The van der Waals surface area contributed by atoms with Crippen LogP contribution in [0.4, 0.5) is 11.6 Å². The molecule has 0 saturated heterocycles. The standard InChI is InChI=1S/C13H13N5O/c19-13(16-9-4-5-9)10-2-1-3-11(17-10)18-12-8-14-6-7-15-12/h1-3,6-9H,4-5H2,(H,16,19)(H,15,17,18). The van der Waals surface area contributed by atoms with E-state index in [0.717, 1.165) is 12.8 Å². The van der Waals surface area contributed by atoms with E-state index in [4.69, 9.17) is 0 Å². The molecule has 0 bridgehead atoms. The van der Waals surface area contributed by atoms with Gasteiger partial charge in [-0.3, -0.25) is 9.78 Å². The molecule has 2 aromatic rings. The zero-order valence-corrected chi connectivity index (χ0v) is 10.2. The molecule has 1 fully saturated rings. The van der Waals surface area contributed by atoms with Crippen molar-refractivity contribution in [2.24, 2.45) is 0 Å². The second-order valence-electron chi connectivity index (χ2n) is 4.37. The van der Waals surface area contributed by atoms with Crippen molar-refractivity contribution in [2.75, 3.05) is 5.32 Å². The molecule has 0 radical (unpaired) electrons. The van der Waals surface area contributed by atoms with Gasteiger partial charge in [-0.2, -0.15) is 0 Å². The van der Waals surface area contributed by atoms with E-state index in [2.05, 4.69) is 25.6 Å². The molecule has 6 heteroatoms. The molecule has 2 N–H and O–H groups in total. The number of aromatic nitrogens is 3. The van der Waals surface area contributed by atoms with Gasteiger partial charge >= 0.3 is 0 Å². The molecular formula is C13H13N5O. The molecule has 6 nitrogen and oxygen atoms in total. The van der Waals surface area contributed by atoms with Crippen LogP contribution in [0.25, 0.3) is 0 Å². The molecule has 1 saturated carbocycles. The molecule has 96 valence electrons. The summed E-state index contributed by atoms with van der Waals surface area (Å²) in [5.41, 5.74) is 0.404. The number of nitrogens with one attached hydrogen (secondary N) is 2. The first-order valence-electron chi connectivity index (χ1n) is 6.12. The number of carbonyl (C=O) groups excluding carboxylic acids is 1. The molecular weight excluding hydrogens is 242 g/mol. The lowest BCUT2D eigenvalue weighted by Crippen LogP contribution is -2.26. The summed E-state index contributed by atoms with van der Waals surface area (Å²) in [5.74, 6) is 1.03. The van der Waals surface area contributed by atoms with Crippen molar-refractivity contribution >= 4 is 17.5 Å². The number of hydrogen-bond acceptors (Lipinski definition) is 5. The molecule has 0 spiro atoms. The molecule has 1 amide bonds. The minimum absolute atomic E-state index is 0.134. The van der Waals surface area contributed by atoms with Gasteiger partial charge in [0.15, 0.2) is 0 Å². The van der Waals surface area contributed by atoms with Crippen LogP contribution < -0.4 is 10.6 Å². The van der Waals surface area contributed by atoms with E-state index < -0.39 is 0 Å². The van der Waals surface area contributed by atoms with E-state index >= 15 is 0 Å². The van der Waals surface area contributed by atoms with Crippen LogP contribution in [-0.4, -0.2) is 26.9 Å². The fourth-order valence-electron chi connectivity index (χ4n) is 1.61. The SMILES string of the molecule is O=C(NC1CC1)c1cccc(Nc2cnccn2)n1. The third-order valence-corrected chi connectivity index (χ3v) is 2.71. The Morgan fingerprint density at radius 3 is 2.84 bits per heavy atom. The van der Waals surface area contributed by atoms with Crippen molar-refractivity contribution in [1.82, 2.24) is 20.3 Å². The Morgan fingerprint density at radius 2 is 2.11 bits per heavy atom. The summed E-state index contributed by atoms with van der Waals surface area (Å²) in [6, 6.07) is 5.58. The van der Waals surface area contributed by atoms with Crippen LogP contribution in [0, 0.1) is 0 Å². The van der Waals surface area contributed by atoms with Crippen molar-refractivity contribution < 1.29 is 4.79 Å². The lowest BCUT2D eigenvalue weighted by molar-refractivity contribution is 0.0946. The largest absolute Gasteiger partial charge is 0.348 e. The predicted molar refractivity (Wildman–Crippen MR) is 70.0 cm³/mol. The molecule has 0 aromatic carbocycles. The minimum atomic E-state index is -0.134. The first-order valence-corrected chi connectivity index (χ1v) is 6.12. The van der Waals surface area contributed by atoms with Gasteiger partial charge in [0.25, 0.3) is 5.91 Å². The van der Waals surface area contributed by atoms with Crippen LogP contribution in [0.5, 0.6) is 0 Å². The third-order valence-electron chi connectivity index (χ3n) is 2.71. The summed E-state index contributed by atoms with van der Waals surface area (Å²) < 4.78 is 0. The van der Waals surface area contributed by atoms with Gasteiger partial charge in [0.05, 0.1) is 6.20 Å². The van der Waals surface area contributed by atoms with Gasteiger partial charge in [-0.05, 0) is 25.0 Å². The molecule has 19 heavy (non-hydrogen) atoms. The Kier molecular flexibility index (Phi) is 3.06. The maximum absolute atomic E-state index is 11.9. The van der Waals surface area contributed by atoms with Gasteiger partial charge in [0, 0.05) is 18.4 Å². The van der Waals surface area contributed by atoms with Crippen LogP contribution in [0.2, 0.25) is 0 Å². The zero-order chi connectivity index (χ0) is 13.1. The molecule has 1 aliphatic rings.